The maximum Gasteiger partial charge on any atom is 0.269 e. The van der Waals surface area contributed by atoms with E-state index in [4.69, 9.17) is 12.2 Å². The fourth-order valence-electron chi connectivity index (χ4n) is 1.90. The van der Waals surface area contributed by atoms with E-state index in [2.05, 4.69) is 10.6 Å². The van der Waals surface area contributed by atoms with E-state index in [0.717, 1.165) is 12.1 Å². The summed E-state index contributed by atoms with van der Waals surface area (Å²) in [4.78, 5) is 10.1. The summed E-state index contributed by atoms with van der Waals surface area (Å²) in [5.41, 5.74) is 1.09. The number of nitrogens with one attached hydrogen (secondary N) is 2. The van der Waals surface area contributed by atoms with Crippen molar-refractivity contribution in [3.05, 3.63) is 69.8 Å². The molecule has 5 nitrogen and oxygen atoms in total. The summed E-state index contributed by atoms with van der Waals surface area (Å²) in [6, 6.07) is 9.01. The number of hydrogen-bond acceptors (Lipinski definition) is 3. The van der Waals surface area contributed by atoms with Crippen LogP contribution in [0.4, 0.5) is 20.2 Å². The van der Waals surface area contributed by atoms with Crippen molar-refractivity contribution in [2.45, 2.75) is 13.0 Å². The molecule has 0 aliphatic heterocycles. The van der Waals surface area contributed by atoms with Crippen LogP contribution in [-0.2, 0) is 0 Å². The van der Waals surface area contributed by atoms with Crippen molar-refractivity contribution >= 4 is 28.7 Å². The average Bonchev–Trinajstić information content (AvgIpc) is 2.50. The Kier molecular flexibility index (Phi) is 5.17. The molecule has 0 aliphatic carbocycles. The lowest BCUT2D eigenvalue weighted by Crippen LogP contribution is -2.30. The quantitative estimate of drug-likeness (QED) is 0.503. The van der Waals surface area contributed by atoms with E-state index in [9.17, 15) is 18.9 Å². The first kappa shape index (κ1) is 16.8. The first-order valence-electron chi connectivity index (χ1n) is 6.63. The zero-order valence-electron chi connectivity index (χ0n) is 12.0. The van der Waals surface area contributed by atoms with Crippen LogP contribution in [0.3, 0.4) is 0 Å². The van der Waals surface area contributed by atoms with Crippen molar-refractivity contribution in [2.75, 3.05) is 5.32 Å². The second kappa shape index (κ2) is 7.10. The molecule has 2 aromatic carbocycles. The van der Waals surface area contributed by atoms with Gasteiger partial charge in [-0.1, -0.05) is 6.07 Å². The number of rotatable bonds is 4. The summed E-state index contributed by atoms with van der Waals surface area (Å²) in [5.74, 6) is -1.84. The van der Waals surface area contributed by atoms with Gasteiger partial charge in [-0.25, -0.2) is 8.78 Å². The summed E-state index contributed by atoms with van der Waals surface area (Å²) < 4.78 is 26.1. The molecular formula is C15H13F2N3O2S. The molecule has 0 fully saturated rings. The van der Waals surface area contributed by atoms with Gasteiger partial charge in [-0.2, -0.15) is 0 Å². The Morgan fingerprint density at radius 1 is 1.17 bits per heavy atom. The number of anilines is 1. The minimum atomic E-state index is -0.926. The van der Waals surface area contributed by atoms with Gasteiger partial charge < -0.3 is 10.6 Å². The second-order valence-corrected chi connectivity index (χ2v) is 5.21. The second-order valence-electron chi connectivity index (χ2n) is 4.80. The molecule has 0 radical (unpaired) electrons. The molecule has 2 rings (SSSR count). The predicted octanol–water partition coefficient (Wildman–Crippen LogP) is 3.92. The summed E-state index contributed by atoms with van der Waals surface area (Å²) in [7, 11) is 0. The van der Waals surface area contributed by atoms with Gasteiger partial charge in [0.1, 0.15) is 0 Å². The van der Waals surface area contributed by atoms with Crippen LogP contribution in [0.2, 0.25) is 0 Å². The van der Waals surface area contributed by atoms with Crippen molar-refractivity contribution in [3.8, 4) is 0 Å². The number of benzene rings is 2. The highest BCUT2D eigenvalue weighted by Crippen LogP contribution is 2.18. The molecule has 0 spiro atoms. The fraction of sp³-hybridized carbons (Fsp3) is 0.133. The largest absolute Gasteiger partial charge is 0.356 e. The zero-order valence-corrected chi connectivity index (χ0v) is 12.9. The number of nitrogens with zero attached hydrogens (tertiary/aromatic N) is 1. The van der Waals surface area contributed by atoms with E-state index in [1.54, 1.807) is 6.92 Å². The third kappa shape index (κ3) is 4.43. The van der Waals surface area contributed by atoms with Crippen LogP contribution >= 0.6 is 12.2 Å². The van der Waals surface area contributed by atoms with Gasteiger partial charge in [-0.05, 0) is 49.0 Å². The zero-order chi connectivity index (χ0) is 17.0. The lowest BCUT2D eigenvalue weighted by Gasteiger charge is -2.17. The Labute approximate surface area is 136 Å². The van der Waals surface area contributed by atoms with E-state index in [1.807, 2.05) is 0 Å². The van der Waals surface area contributed by atoms with Gasteiger partial charge in [-0.3, -0.25) is 10.1 Å². The number of nitro benzene ring substituents is 1. The Morgan fingerprint density at radius 2 is 1.83 bits per heavy atom. The molecular weight excluding hydrogens is 324 g/mol. The van der Waals surface area contributed by atoms with Crippen LogP contribution in [-0.4, -0.2) is 10.0 Å². The highest BCUT2D eigenvalue weighted by atomic mass is 32.1. The fourth-order valence-corrected chi connectivity index (χ4v) is 2.19. The Balaban J connectivity index is 1.98. The summed E-state index contributed by atoms with van der Waals surface area (Å²) in [6.07, 6.45) is 0. The van der Waals surface area contributed by atoms with Crippen molar-refractivity contribution in [1.29, 1.82) is 0 Å². The van der Waals surface area contributed by atoms with Crippen molar-refractivity contribution < 1.29 is 13.7 Å². The third-order valence-electron chi connectivity index (χ3n) is 3.13. The van der Waals surface area contributed by atoms with E-state index >= 15 is 0 Å². The Hall–Kier alpha value is -2.61. The van der Waals surface area contributed by atoms with E-state index in [-0.39, 0.29) is 16.8 Å². The monoisotopic (exact) mass is 337 g/mol. The number of halogens is 2. The SMILES string of the molecule is C[C@H](NC(=S)Nc1ccc([N+](=O)[O-])cc1)c1ccc(F)c(F)c1. The molecule has 0 heterocycles. The molecule has 120 valence electrons. The van der Waals surface area contributed by atoms with Crippen LogP contribution in [0.25, 0.3) is 0 Å². The molecule has 0 aromatic heterocycles. The summed E-state index contributed by atoms with van der Waals surface area (Å²) >= 11 is 5.13. The van der Waals surface area contributed by atoms with Crippen LogP contribution in [0, 0.1) is 21.7 Å². The number of non-ortho nitro benzene ring substituents is 1. The maximum atomic E-state index is 13.2. The topological polar surface area (TPSA) is 67.2 Å². The molecule has 8 heteroatoms. The number of hydrogen-bond donors (Lipinski definition) is 2. The number of nitro groups is 1. The van der Waals surface area contributed by atoms with Gasteiger partial charge >= 0.3 is 0 Å². The van der Waals surface area contributed by atoms with Crippen LogP contribution in [0.15, 0.2) is 42.5 Å². The third-order valence-corrected chi connectivity index (χ3v) is 3.35. The first-order valence-corrected chi connectivity index (χ1v) is 7.04. The van der Waals surface area contributed by atoms with Gasteiger partial charge in [0.2, 0.25) is 0 Å². The lowest BCUT2D eigenvalue weighted by atomic mass is 10.1. The maximum absolute atomic E-state index is 13.2. The highest BCUT2D eigenvalue weighted by Gasteiger charge is 2.11. The smallest absolute Gasteiger partial charge is 0.269 e. The Morgan fingerprint density at radius 3 is 2.39 bits per heavy atom. The van der Waals surface area contributed by atoms with Crippen molar-refractivity contribution in [2.24, 2.45) is 0 Å². The molecule has 0 bridgehead atoms. The minimum Gasteiger partial charge on any atom is -0.356 e. The van der Waals surface area contributed by atoms with Gasteiger partial charge in [0, 0.05) is 17.8 Å². The van der Waals surface area contributed by atoms with E-state index in [0.29, 0.717) is 11.3 Å². The molecule has 0 unspecified atom stereocenters. The van der Waals surface area contributed by atoms with E-state index in [1.165, 1.54) is 30.3 Å². The summed E-state index contributed by atoms with van der Waals surface area (Å²) in [6.45, 7) is 1.75. The highest BCUT2D eigenvalue weighted by molar-refractivity contribution is 7.80. The van der Waals surface area contributed by atoms with Crippen molar-refractivity contribution in [1.82, 2.24) is 5.32 Å². The van der Waals surface area contributed by atoms with Gasteiger partial charge in [-0.15, -0.1) is 0 Å². The molecule has 1 atom stereocenters. The van der Waals surface area contributed by atoms with Crippen molar-refractivity contribution in [3.63, 3.8) is 0 Å². The minimum absolute atomic E-state index is 0.0235. The van der Waals surface area contributed by atoms with Gasteiger partial charge in [0.25, 0.3) is 5.69 Å². The lowest BCUT2D eigenvalue weighted by molar-refractivity contribution is -0.384. The predicted molar refractivity (Wildman–Crippen MR) is 87.2 cm³/mol. The van der Waals surface area contributed by atoms with Crippen LogP contribution in [0.1, 0.15) is 18.5 Å². The first-order chi connectivity index (χ1) is 10.9. The Bertz CT molecular complexity index is 738. The van der Waals surface area contributed by atoms with E-state index < -0.39 is 16.6 Å². The molecule has 23 heavy (non-hydrogen) atoms. The molecule has 0 saturated carbocycles. The molecule has 0 aliphatic rings. The standard InChI is InChI=1S/C15H13F2N3O2S/c1-9(10-2-7-13(16)14(17)8-10)18-15(23)19-11-3-5-12(6-4-11)20(21)22/h2-9H,1H3,(H2,18,19,23)/t9-/m0/s1. The number of thiocarbonyl (C=S) groups is 1. The normalized spacial score (nSPS) is 11.6. The molecule has 2 aromatic rings. The van der Waals surface area contributed by atoms with Crippen LogP contribution in [0.5, 0.6) is 0 Å². The summed E-state index contributed by atoms with van der Waals surface area (Å²) in [5, 5.41) is 16.6. The van der Waals surface area contributed by atoms with Crippen LogP contribution < -0.4 is 10.6 Å². The average molecular weight is 337 g/mol. The molecule has 2 N–H and O–H groups in total. The van der Waals surface area contributed by atoms with Gasteiger partial charge in [0.05, 0.1) is 11.0 Å². The molecule has 0 amide bonds. The molecule has 0 saturated heterocycles. The van der Waals surface area contributed by atoms with Gasteiger partial charge in [0.15, 0.2) is 16.7 Å².